The fraction of sp³-hybridized carbons (Fsp3) is 0.0952. The molecular weight excluding hydrogens is 342 g/mol. The number of pyridine rings is 1. The van der Waals surface area contributed by atoms with Crippen LogP contribution in [0.15, 0.2) is 88.7 Å². The number of benzene rings is 2. The van der Waals surface area contributed by atoms with E-state index in [1.165, 1.54) is 0 Å². The van der Waals surface area contributed by atoms with Gasteiger partial charge in [0.05, 0.1) is 11.4 Å². The van der Waals surface area contributed by atoms with Crippen molar-refractivity contribution >= 4 is 35.0 Å². The van der Waals surface area contributed by atoms with Gasteiger partial charge in [-0.05, 0) is 24.3 Å². The molecule has 1 aliphatic heterocycles. The summed E-state index contributed by atoms with van der Waals surface area (Å²) in [5, 5.41) is 10.9. The van der Waals surface area contributed by atoms with E-state index in [-0.39, 0.29) is 5.88 Å². The Hall–Kier alpha value is -2.92. The van der Waals surface area contributed by atoms with Crippen LogP contribution in [0.2, 0.25) is 0 Å². The molecule has 0 atom stereocenters. The molecule has 0 amide bonds. The van der Waals surface area contributed by atoms with Gasteiger partial charge < -0.3 is 10.0 Å². The summed E-state index contributed by atoms with van der Waals surface area (Å²) in [5.41, 5.74) is 3.07. The number of nitrogens with zero attached hydrogens (tertiary/aromatic N) is 3. The molecule has 130 valence electrons. The molecule has 0 saturated carbocycles. The minimum atomic E-state index is 0.174. The molecule has 0 fully saturated rings. The molecule has 4 rings (SSSR count). The summed E-state index contributed by atoms with van der Waals surface area (Å²) in [6.07, 6.45) is 5.59. The minimum Gasteiger partial charge on any atom is -0.490 e. The summed E-state index contributed by atoms with van der Waals surface area (Å²) in [7, 11) is 4.01. The molecule has 0 bridgehead atoms. The Morgan fingerprint density at radius 3 is 2.00 bits per heavy atom. The Labute approximate surface area is 157 Å². The summed E-state index contributed by atoms with van der Waals surface area (Å²) in [6, 6.07) is 20.3. The quantitative estimate of drug-likeness (QED) is 0.542. The topological polar surface area (TPSA) is 30.6 Å². The number of hydrogen-bond acceptors (Lipinski definition) is 4. The van der Waals surface area contributed by atoms with E-state index in [0.29, 0.717) is 0 Å². The van der Waals surface area contributed by atoms with Crippen LogP contribution in [0.4, 0.5) is 17.1 Å². The van der Waals surface area contributed by atoms with Gasteiger partial charge in [0.1, 0.15) is 0 Å². The molecule has 1 aromatic heterocycles. The van der Waals surface area contributed by atoms with E-state index in [4.69, 9.17) is 0 Å². The first-order valence-electron chi connectivity index (χ1n) is 8.38. The first kappa shape index (κ1) is 16.5. The van der Waals surface area contributed by atoms with Crippen LogP contribution in [0.3, 0.4) is 0 Å². The normalized spacial score (nSPS) is 13.2. The van der Waals surface area contributed by atoms with Crippen molar-refractivity contribution in [3.63, 3.8) is 0 Å². The lowest BCUT2D eigenvalue weighted by molar-refractivity contribution is -0.569. The molecule has 2 aromatic carbocycles. The van der Waals surface area contributed by atoms with Crippen molar-refractivity contribution in [1.82, 2.24) is 0 Å². The fourth-order valence-electron chi connectivity index (χ4n) is 2.96. The third-order valence-electron chi connectivity index (χ3n) is 4.28. The van der Waals surface area contributed by atoms with Crippen LogP contribution in [-0.4, -0.2) is 19.2 Å². The van der Waals surface area contributed by atoms with Crippen molar-refractivity contribution in [3.8, 4) is 0 Å². The number of hydrogen-bond donors (Lipinski definition) is 1. The molecule has 3 aromatic rings. The molecule has 0 radical (unpaired) electrons. The van der Waals surface area contributed by atoms with Crippen molar-refractivity contribution in [1.29, 1.82) is 0 Å². The Morgan fingerprint density at radius 2 is 1.46 bits per heavy atom. The number of aliphatic hydroxyl groups excluding tert-OH is 1. The van der Waals surface area contributed by atoms with Gasteiger partial charge >= 0.3 is 0 Å². The molecule has 0 aliphatic carbocycles. The van der Waals surface area contributed by atoms with Crippen molar-refractivity contribution in [2.45, 2.75) is 9.79 Å². The van der Waals surface area contributed by atoms with E-state index >= 15 is 0 Å². The Balaban J connectivity index is 1.77. The second-order valence-corrected chi connectivity index (χ2v) is 7.34. The van der Waals surface area contributed by atoms with Gasteiger partial charge in [-0.15, -0.1) is 0 Å². The van der Waals surface area contributed by atoms with Crippen LogP contribution in [0.1, 0.15) is 0 Å². The predicted octanol–water partition coefficient (Wildman–Crippen LogP) is 4.66. The van der Waals surface area contributed by atoms with E-state index in [2.05, 4.69) is 12.1 Å². The van der Waals surface area contributed by atoms with Gasteiger partial charge in [0, 0.05) is 41.7 Å². The van der Waals surface area contributed by atoms with Gasteiger partial charge in [0.15, 0.2) is 12.4 Å². The fourth-order valence-corrected chi connectivity index (χ4v) is 4.01. The average Bonchev–Trinajstić information content (AvgIpc) is 2.66. The van der Waals surface area contributed by atoms with E-state index < -0.39 is 0 Å². The van der Waals surface area contributed by atoms with E-state index in [1.54, 1.807) is 18.0 Å². The van der Waals surface area contributed by atoms with Gasteiger partial charge in [0.25, 0.3) is 5.88 Å². The highest BCUT2D eigenvalue weighted by Gasteiger charge is 2.26. The molecule has 4 nitrogen and oxygen atoms in total. The van der Waals surface area contributed by atoms with E-state index in [0.717, 1.165) is 26.9 Å². The average molecular weight is 362 g/mol. The Bertz CT molecular complexity index is 922. The second kappa shape index (κ2) is 6.77. The highest BCUT2D eigenvalue weighted by atomic mass is 32.2. The maximum atomic E-state index is 10.9. The number of aromatic nitrogens is 1. The number of para-hydroxylation sites is 2. The maximum absolute atomic E-state index is 10.9. The first-order chi connectivity index (χ1) is 12.6. The van der Waals surface area contributed by atoms with Gasteiger partial charge in [-0.25, -0.2) is 0 Å². The largest absolute Gasteiger partial charge is 0.490 e. The molecule has 1 N–H and O–H groups in total. The predicted molar refractivity (Wildman–Crippen MR) is 107 cm³/mol. The summed E-state index contributed by atoms with van der Waals surface area (Å²) in [6.45, 7) is 0. The van der Waals surface area contributed by atoms with Crippen LogP contribution in [0, 0.1) is 0 Å². The number of fused-ring (bicyclic) bond motifs is 2. The lowest BCUT2D eigenvalue weighted by Gasteiger charge is -2.30. The van der Waals surface area contributed by atoms with E-state index in [1.807, 2.05) is 89.4 Å². The van der Waals surface area contributed by atoms with Gasteiger partial charge in [-0.2, -0.15) is 4.57 Å². The smallest absolute Gasteiger partial charge is 0.263 e. The molecule has 1 aliphatic rings. The molecule has 0 spiro atoms. The SMILES string of the molecule is CN(C)c1cc[n+](/C=C(\O)N2c3ccccc3Sc3ccccc32)cc1. The van der Waals surface area contributed by atoms with Crippen molar-refractivity contribution in [2.75, 3.05) is 23.9 Å². The molecule has 0 unspecified atom stereocenters. The van der Waals surface area contributed by atoms with Crippen molar-refractivity contribution in [3.05, 3.63) is 78.9 Å². The molecule has 26 heavy (non-hydrogen) atoms. The maximum Gasteiger partial charge on any atom is 0.263 e. The van der Waals surface area contributed by atoms with Crippen molar-refractivity contribution < 1.29 is 9.67 Å². The third kappa shape index (κ3) is 3.02. The van der Waals surface area contributed by atoms with E-state index in [9.17, 15) is 5.11 Å². The lowest BCUT2D eigenvalue weighted by Crippen LogP contribution is -2.29. The summed E-state index contributed by atoms with van der Waals surface area (Å²) in [5.74, 6) is 0.174. The van der Waals surface area contributed by atoms with Crippen LogP contribution in [0.5, 0.6) is 0 Å². The van der Waals surface area contributed by atoms with Crippen LogP contribution >= 0.6 is 11.8 Å². The second-order valence-electron chi connectivity index (χ2n) is 6.26. The number of aliphatic hydroxyl groups is 1. The van der Waals surface area contributed by atoms with Crippen LogP contribution < -0.4 is 14.4 Å². The van der Waals surface area contributed by atoms with Gasteiger partial charge in [-0.1, -0.05) is 36.0 Å². The third-order valence-corrected chi connectivity index (χ3v) is 5.41. The Morgan fingerprint density at radius 1 is 0.923 bits per heavy atom. The first-order valence-corrected chi connectivity index (χ1v) is 9.20. The lowest BCUT2D eigenvalue weighted by atomic mass is 10.2. The highest BCUT2D eigenvalue weighted by Crippen LogP contribution is 2.48. The summed E-state index contributed by atoms with van der Waals surface area (Å²) in [4.78, 5) is 6.19. The summed E-state index contributed by atoms with van der Waals surface area (Å²) >= 11 is 1.72. The van der Waals surface area contributed by atoms with Crippen LogP contribution in [-0.2, 0) is 0 Å². The molecular formula is C21H20N3OS+. The zero-order valence-electron chi connectivity index (χ0n) is 14.7. The number of anilines is 3. The highest BCUT2D eigenvalue weighted by molar-refractivity contribution is 7.99. The Kier molecular flexibility index (Phi) is 4.31. The number of rotatable bonds is 3. The summed E-state index contributed by atoms with van der Waals surface area (Å²) < 4.78 is 1.86. The van der Waals surface area contributed by atoms with Crippen LogP contribution in [0.25, 0.3) is 6.20 Å². The van der Waals surface area contributed by atoms with Crippen molar-refractivity contribution in [2.24, 2.45) is 0 Å². The zero-order chi connectivity index (χ0) is 18.1. The van der Waals surface area contributed by atoms with Gasteiger partial charge in [-0.3, -0.25) is 4.90 Å². The zero-order valence-corrected chi connectivity index (χ0v) is 15.5. The van der Waals surface area contributed by atoms with Gasteiger partial charge in [0.2, 0.25) is 6.20 Å². The molecule has 2 heterocycles. The minimum absolute atomic E-state index is 0.174. The monoisotopic (exact) mass is 362 g/mol. The molecule has 0 saturated heterocycles. The molecule has 5 heteroatoms. The standard InChI is InChI=1S/C21H19N3OS/c1-22(2)16-11-13-23(14-12-16)15-21(25)24-17-7-3-5-9-19(17)26-20-10-6-4-8-18(20)24/h3-15H,1-2H3/p+1/b21-15-.